The monoisotopic (exact) mass is 306 g/mol. The third-order valence-electron chi connectivity index (χ3n) is 2.41. The first-order valence-corrected chi connectivity index (χ1v) is 7.56. The quantitative estimate of drug-likeness (QED) is 0.751. The lowest BCUT2D eigenvalue weighted by Gasteiger charge is -2.11. The van der Waals surface area contributed by atoms with Crippen LogP contribution in [0.3, 0.4) is 0 Å². The Balaban J connectivity index is 2.89. The van der Waals surface area contributed by atoms with Gasteiger partial charge in [0.2, 0.25) is 15.7 Å². The van der Waals surface area contributed by atoms with Gasteiger partial charge < -0.3 is 10.6 Å². The maximum atomic E-state index is 12.6. The van der Waals surface area contributed by atoms with Gasteiger partial charge in [-0.15, -0.1) is 0 Å². The largest absolute Gasteiger partial charge is 0.341 e. The van der Waals surface area contributed by atoms with Gasteiger partial charge in [0.15, 0.2) is 0 Å². The molecule has 0 radical (unpaired) electrons. The molecule has 0 aliphatic heterocycles. The van der Waals surface area contributed by atoms with Crippen LogP contribution in [0.4, 0.5) is 14.5 Å². The summed E-state index contributed by atoms with van der Waals surface area (Å²) >= 11 is 0. The van der Waals surface area contributed by atoms with E-state index in [-0.39, 0.29) is 12.2 Å². The Morgan fingerprint density at radius 3 is 2.55 bits per heavy atom. The fourth-order valence-electron chi connectivity index (χ4n) is 1.49. The summed E-state index contributed by atoms with van der Waals surface area (Å²) in [5.74, 6) is -4.02. The predicted molar refractivity (Wildman–Crippen MR) is 71.4 cm³/mol. The molecule has 1 rings (SSSR count). The van der Waals surface area contributed by atoms with Crippen LogP contribution in [0.1, 0.15) is 13.3 Å². The van der Waals surface area contributed by atoms with E-state index in [1.165, 1.54) is 18.2 Å². The first-order valence-electron chi connectivity index (χ1n) is 6.01. The van der Waals surface area contributed by atoms with Crippen molar-refractivity contribution in [1.82, 2.24) is 5.32 Å². The fraction of sp³-hybridized carbons (Fsp3) is 0.417. The zero-order valence-electron chi connectivity index (χ0n) is 10.9. The summed E-state index contributed by atoms with van der Waals surface area (Å²) in [7, 11) is -4.75. The lowest BCUT2D eigenvalue weighted by molar-refractivity contribution is -0.115. The first-order chi connectivity index (χ1) is 9.39. The van der Waals surface area contributed by atoms with E-state index < -0.39 is 26.4 Å². The molecule has 2 N–H and O–H groups in total. The summed E-state index contributed by atoms with van der Waals surface area (Å²) < 4.78 is 48.1. The van der Waals surface area contributed by atoms with E-state index in [1.807, 2.05) is 6.92 Å². The van der Waals surface area contributed by atoms with Crippen molar-refractivity contribution in [1.29, 1.82) is 0 Å². The number of carbonyl (C=O) groups excluding carboxylic acids is 1. The van der Waals surface area contributed by atoms with E-state index in [1.54, 1.807) is 0 Å². The average Bonchev–Trinajstić information content (AvgIpc) is 2.39. The van der Waals surface area contributed by atoms with Crippen molar-refractivity contribution < 1.29 is 22.0 Å². The second-order valence-corrected chi connectivity index (χ2v) is 5.91. The minimum atomic E-state index is -4.75. The van der Waals surface area contributed by atoms with Gasteiger partial charge in [-0.25, -0.2) is 8.42 Å². The number of hydrogen-bond donors (Lipinski definition) is 2. The Kier molecular flexibility index (Phi) is 6.03. The van der Waals surface area contributed by atoms with Crippen molar-refractivity contribution in [3.05, 3.63) is 24.3 Å². The molecule has 0 unspecified atom stereocenters. The molecule has 112 valence electrons. The molecule has 0 atom stereocenters. The van der Waals surface area contributed by atoms with Crippen LogP contribution in [0.2, 0.25) is 0 Å². The van der Waals surface area contributed by atoms with Crippen molar-refractivity contribution in [3.63, 3.8) is 0 Å². The highest BCUT2D eigenvalue weighted by Crippen LogP contribution is 2.25. The van der Waals surface area contributed by atoms with Gasteiger partial charge in [0.1, 0.15) is 0 Å². The first kappa shape index (κ1) is 16.5. The van der Waals surface area contributed by atoms with E-state index >= 15 is 0 Å². The number of hydrogen-bond acceptors (Lipinski definition) is 4. The number of rotatable bonds is 7. The van der Waals surface area contributed by atoms with E-state index in [4.69, 9.17) is 0 Å². The molecule has 8 heteroatoms. The molecule has 0 bridgehead atoms. The number of halogens is 2. The van der Waals surface area contributed by atoms with Gasteiger partial charge in [-0.1, -0.05) is 19.1 Å². The van der Waals surface area contributed by atoms with Crippen molar-refractivity contribution in [2.75, 3.05) is 18.4 Å². The molecule has 0 aliphatic rings. The third kappa shape index (κ3) is 4.24. The summed E-state index contributed by atoms with van der Waals surface area (Å²) in [6, 6.07) is 5.09. The number of amides is 1. The molecular weight excluding hydrogens is 290 g/mol. The van der Waals surface area contributed by atoms with Crippen LogP contribution in [0, 0.1) is 0 Å². The number of benzene rings is 1. The van der Waals surface area contributed by atoms with Gasteiger partial charge in [0.05, 0.1) is 17.1 Å². The predicted octanol–water partition coefficient (Wildman–Crippen LogP) is 1.62. The molecule has 1 aromatic carbocycles. The molecule has 0 aliphatic carbocycles. The molecule has 20 heavy (non-hydrogen) atoms. The molecule has 1 aromatic rings. The van der Waals surface area contributed by atoms with Crippen LogP contribution < -0.4 is 10.6 Å². The Labute approximate surface area is 116 Å². The number of carbonyl (C=O) groups is 1. The average molecular weight is 306 g/mol. The molecule has 0 spiro atoms. The summed E-state index contributed by atoms with van der Waals surface area (Å²) in [5.41, 5.74) is -0.143. The minimum Gasteiger partial charge on any atom is -0.324 e. The van der Waals surface area contributed by atoms with Crippen LogP contribution in [-0.2, 0) is 14.6 Å². The van der Waals surface area contributed by atoms with Crippen LogP contribution in [0.25, 0.3) is 0 Å². The summed E-state index contributed by atoms with van der Waals surface area (Å²) in [5, 5.41) is 5.14. The van der Waals surface area contributed by atoms with Crippen molar-refractivity contribution in [2.45, 2.75) is 24.0 Å². The second-order valence-electron chi connectivity index (χ2n) is 4.03. The topological polar surface area (TPSA) is 75.3 Å². The standard InChI is InChI=1S/C12H16F2N2O3S/c1-2-7-15-8-11(17)16-9-5-3-4-6-10(9)20(18,19)12(13)14/h3-6,12,15H,2,7-8H2,1H3,(H,16,17). The minimum absolute atomic E-state index is 0.0170. The van der Waals surface area contributed by atoms with E-state index in [2.05, 4.69) is 10.6 Å². The number of alkyl halides is 2. The lowest BCUT2D eigenvalue weighted by atomic mass is 10.3. The summed E-state index contributed by atoms with van der Waals surface area (Å²) in [6.45, 7) is 2.54. The maximum Gasteiger partial charge on any atom is 0.341 e. The van der Waals surface area contributed by atoms with E-state index in [9.17, 15) is 22.0 Å². The van der Waals surface area contributed by atoms with Crippen LogP contribution >= 0.6 is 0 Å². The maximum absolute atomic E-state index is 12.6. The highest BCUT2D eigenvalue weighted by Gasteiger charge is 2.29. The number of sulfone groups is 1. The third-order valence-corrected chi connectivity index (χ3v) is 3.85. The fourth-order valence-corrected chi connectivity index (χ4v) is 2.37. The Morgan fingerprint density at radius 1 is 1.30 bits per heavy atom. The number of anilines is 1. The highest BCUT2D eigenvalue weighted by atomic mass is 32.2. The van der Waals surface area contributed by atoms with Crippen LogP contribution in [0.5, 0.6) is 0 Å². The van der Waals surface area contributed by atoms with Crippen molar-refractivity contribution in [3.8, 4) is 0 Å². The highest BCUT2D eigenvalue weighted by molar-refractivity contribution is 7.91. The van der Waals surface area contributed by atoms with Gasteiger partial charge in [0, 0.05) is 0 Å². The Hall–Kier alpha value is -1.54. The van der Waals surface area contributed by atoms with Gasteiger partial charge >= 0.3 is 5.76 Å². The number of nitrogens with one attached hydrogen (secondary N) is 2. The molecule has 0 saturated heterocycles. The van der Waals surface area contributed by atoms with Crippen molar-refractivity contribution >= 4 is 21.4 Å². The smallest absolute Gasteiger partial charge is 0.324 e. The van der Waals surface area contributed by atoms with Gasteiger partial charge in [-0.3, -0.25) is 4.79 Å². The summed E-state index contributed by atoms with van der Waals surface area (Å²) in [6.07, 6.45) is 0.837. The molecule has 0 saturated carbocycles. The van der Waals surface area contributed by atoms with Crippen LogP contribution in [0.15, 0.2) is 29.2 Å². The normalized spacial score (nSPS) is 11.6. The molecule has 0 aromatic heterocycles. The van der Waals surface area contributed by atoms with E-state index in [0.29, 0.717) is 6.54 Å². The van der Waals surface area contributed by atoms with Crippen LogP contribution in [-0.4, -0.2) is 33.2 Å². The lowest BCUT2D eigenvalue weighted by Crippen LogP contribution is -2.29. The van der Waals surface area contributed by atoms with Gasteiger partial charge in [-0.2, -0.15) is 8.78 Å². The zero-order valence-corrected chi connectivity index (χ0v) is 11.7. The Morgan fingerprint density at radius 2 is 1.95 bits per heavy atom. The molecule has 0 fully saturated rings. The zero-order chi connectivity index (χ0) is 15.2. The van der Waals surface area contributed by atoms with Crippen molar-refractivity contribution in [2.24, 2.45) is 0 Å². The number of para-hydroxylation sites is 1. The Bertz CT molecular complexity index is 562. The molecular formula is C12H16F2N2O3S. The SMILES string of the molecule is CCCNCC(=O)Nc1ccccc1S(=O)(=O)C(F)F. The molecule has 1 amide bonds. The molecule has 5 nitrogen and oxygen atoms in total. The van der Waals surface area contributed by atoms with Gasteiger partial charge in [-0.05, 0) is 25.1 Å². The van der Waals surface area contributed by atoms with Gasteiger partial charge in [0.25, 0.3) is 0 Å². The van der Waals surface area contributed by atoms with E-state index in [0.717, 1.165) is 12.5 Å². The summed E-state index contributed by atoms with van der Waals surface area (Å²) in [4.78, 5) is 11.0. The molecule has 0 heterocycles. The second kappa shape index (κ2) is 7.30.